The summed E-state index contributed by atoms with van der Waals surface area (Å²) in [7, 11) is 0. The Hall–Kier alpha value is -2.85. The summed E-state index contributed by atoms with van der Waals surface area (Å²) in [6.45, 7) is 1.30. The largest absolute Gasteiger partial charge is 0.481 e. The van der Waals surface area contributed by atoms with Crippen LogP contribution in [0.25, 0.3) is 0 Å². The van der Waals surface area contributed by atoms with E-state index in [2.05, 4.69) is 16.0 Å². The fraction of sp³-hybridized carbons (Fsp3) is 0.474. The second-order valence-corrected chi connectivity index (χ2v) is 7.07. The molecule has 2 amide bonds. The fourth-order valence-corrected chi connectivity index (χ4v) is 2.70. The summed E-state index contributed by atoms with van der Waals surface area (Å²) < 4.78 is 0. The third kappa shape index (κ3) is 10.6. The van der Waals surface area contributed by atoms with Gasteiger partial charge in [0.15, 0.2) is 0 Å². The van der Waals surface area contributed by atoms with Crippen molar-refractivity contribution in [2.45, 2.75) is 50.7 Å². The van der Waals surface area contributed by atoms with Gasteiger partial charge in [-0.05, 0) is 49.9 Å². The lowest BCUT2D eigenvalue weighted by Gasteiger charge is -2.18. The van der Waals surface area contributed by atoms with Crippen LogP contribution in [0.4, 0.5) is 4.79 Å². The highest BCUT2D eigenvalue weighted by molar-refractivity contribution is 6.30. The van der Waals surface area contributed by atoms with E-state index in [4.69, 9.17) is 21.8 Å². The van der Waals surface area contributed by atoms with Gasteiger partial charge in [-0.1, -0.05) is 23.7 Å². The number of urea groups is 1. The molecule has 0 saturated heterocycles. The van der Waals surface area contributed by atoms with E-state index in [1.807, 2.05) is 12.1 Å². The number of unbranched alkanes of at least 4 members (excludes halogenated alkanes) is 1. The molecule has 0 aliphatic carbocycles. The lowest BCUT2D eigenvalue weighted by atomic mass is 10.1. The Morgan fingerprint density at radius 2 is 1.43 bits per heavy atom. The normalized spacial score (nSPS) is 12.6. The first kappa shape index (κ1) is 25.2. The molecule has 1 aromatic carbocycles. The number of amides is 2. The maximum Gasteiger partial charge on any atom is 0.326 e. The van der Waals surface area contributed by atoms with Gasteiger partial charge in [0, 0.05) is 18.0 Å². The molecule has 0 aliphatic heterocycles. The summed E-state index contributed by atoms with van der Waals surface area (Å²) in [5.41, 5.74) is 1.07. The molecule has 30 heavy (non-hydrogen) atoms. The first-order valence-corrected chi connectivity index (χ1v) is 9.76. The average molecular weight is 444 g/mol. The van der Waals surface area contributed by atoms with Gasteiger partial charge in [0.25, 0.3) is 0 Å². The molecule has 0 radical (unpaired) electrons. The molecule has 1 rings (SSSR count). The van der Waals surface area contributed by atoms with E-state index in [0.29, 0.717) is 31.0 Å². The van der Waals surface area contributed by atoms with E-state index in [1.165, 1.54) is 0 Å². The van der Waals surface area contributed by atoms with Gasteiger partial charge in [-0.25, -0.2) is 14.4 Å². The average Bonchev–Trinajstić information content (AvgIpc) is 2.67. The first-order chi connectivity index (χ1) is 14.2. The molecule has 0 spiro atoms. The second kappa shape index (κ2) is 13.4. The highest BCUT2D eigenvalue weighted by Crippen LogP contribution is 2.09. The molecule has 1 unspecified atom stereocenters. The van der Waals surface area contributed by atoms with Crippen molar-refractivity contribution in [2.24, 2.45) is 0 Å². The topological polar surface area (TPSA) is 165 Å². The molecule has 2 atom stereocenters. The third-order valence-corrected chi connectivity index (χ3v) is 4.44. The summed E-state index contributed by atoms with van der Waals surface area (Å²) in [6, 6.07) is 3.81. The molecule has 0 aliphatic rings. The number of carboxylic acid groups (broad SMARTS) is 3. The van der Waals surface area contributed by atoms with Crippen molar-refractivity contribution in [3.05, 3.63) is 34.9 Å². The SMILES string of the molecule is O=C(O)CC[C@H](NC(=O)NC(CCCCNCc1ccc(Cl)cc1)C(=O)O)C(=O)O. The molecule has 11 heteroatoms. The van der Waals surface area contributed by atoms with Crippen LogP contribution in [-0.4, -0.2) is 57.9 Å². The Morgan fingerprint density at radius 1 is 0.867 bits per heavy atom. The van der Waals surface area contributed by atoms with Gasteiger partial charge in [-0.2, -0.15) is 0 Å². The van der Waals surface area contributed by atoms with Gasteiger partial charge in [-0.3, -0.25) is 4.79 Å². The van der Waals surface area contributed by atoms with Crippen molar-refractivity contribution < 1.29 is 34.5 Å². The smallest absolute Gasteiger partial charge is 0.326 e. The zero-order valence-corrected chi connectivity index (χ0v) is 17.0. The van der Waals surface area contributed by atoms with Gasteiger partial charge < -0.3 is 31.3 Å². The molecule has 166 valence electrons. The number of aliphatic carboxylic acids is 3. The number of benzene rings is 1. The number of carboxylic acids is 3. The van der Waals surface area contributed by atoms with E-state index < -0.39 is 42.4 Å². The quantitative estimate of drug-likeness (QED) is 0.236. The lowest BCUT2D eigenvalue weighted by Crippen LogP contribution is -2.51. The third-order valence-electron chi connectivity index (χ3n) is 4.19. The highest BCUT2D eigenvalue weighted by atomic mass is 35.5. The van der Waals surface area contributed by atoms with Gasteiger partial charge in [0.1, 0.15) is 12.1 Å². The number of rotatable bonds is 14. The van der Waals surface area contributed by atoms with Crippen LogP contribution in [0.5, 0.6) is 0 Å². The molecule has 0 aromatic heterocycles. The van der Waals surface area contributed by atoms with Crippen LogP contribution in [-0.2, 0) is 20.9 Å². The van der Waals surface area contributed by atoms with E-state index in [9.17, 15) is 24.3 Å². The molecule has 0 saturated carbocycles. The Morgan fingerprint density at radius 3 is 1.97 bits per heavy atom. The lowest BCUT2D eigenvalue weighted by molar-refractivity contribution is -0.140. The number of carbonyl (C=O) groups excluding carboxylic acids is 1. The minimum Gasteiger partial charge on any atom is -0.481 e. The minimum absolute atomic E-state index is 0.165. The van der Waals surface area contributed by atoms with Crippen molar-refractivity contribution in [1.82, 2.24) is 16.0 Å². The van der Waals surface area contributed by atoms with E-state index in [1.54, 1.807) is 12.1 Å². The molecule has 0 bridgehead atoms. The standard InChI is InChI=1S/C19H26ClN3O7/c20-13-6-4-12(5-7-13)11-21-10-2-1-3-14(17(26)27)22-19(30)23-15(18(28)29)8-9-16(24)25/h4-7,14-15,21H,1-3,8-11H2,(H,24,25)(H,26,27)(H,28,29)(H2,22,23,30)/t14?,15-/m0/s1. The first-order valence-electron chi connectivity index (χ1n) is 9.38. The predicted octanol–water partition coefficient (Wildman–Crippen LogP) is 1.67. The number of carbonyl (C=O) groups is 4. The molecule has 0 fully saturated rings. The number of nitrogens with one attached hydrogen (secondary N) is 3. The Balaban J connectivity index is 2.34. The van der Waals surface area contributed by atoms with Crippen LogP contribution in [0.15, 0.2) is 24.3 Å². The van der Waals surface area contributed by atoms with Gasteiger partial charge in [0.2, 0.25) is 0 Å². The monoisotopic (exact) mass is 443 g/mol. The fourth-order valence-electron chi connectivity index (χ4n) is 2.57. The molecule has 1 aromatic rings. The van der Waals surface area contributed by atoms with Crippen LogP contribution in [0.1, 0.15) is 37.7 Å². The highest BCUT2D eigenvalue weighted by Gasteiger charge is 2.24. The van der Waals surface area contributed by atoms with Gasteiger partial charge >= 0.3 is 23.9 Å². The minimum atomic E-state index is -1.42. The summed E-state index contributed by atoms with van der Waals surface area (Å²) in [5, 5.41) is 35.1. The number of halogens is 1. The van der Waals surface area contributed by atoms with E-state index in [0.717, 1.165) is 5.56 Å². The summed E-state index contributed by atoms with van der Waals surface area (Å²) >= 11 is 5.82. The maximum atomic E-state index is 11.9. The van der Waals surface area contributed by atoms with Crippen LogP contribution in [0.3, 0.4) is 0 Å². The molecular formula is C19H26ClN3O7. The zero-order valence-electron chi connectivity index (χ0n) is 16.3. The molecular weight excluding hydrogens is 418 g/mol. The van der Waals surface area contributed by atoms with Gasteiger partial charge in [-0.15, -0.1) is 0 Å². The number of hydrogen-bond donors (Lipinski definition) is 6. The van der Waals surface area contributed by atoms with Crippen LogP contribution in [0.2, 0.25) is 5.02 Å². The zero-order chi connectivity index (χ0) is 22.5. The van der Waals surface area contributed by atoms with Crippen molar-refractivity contribution in [2.75, 3.05) is 6.54 Å². The summed E-state index contributed by atoms with van der Waals surface area (Å²) in [4.78, 5) is 44.9. The van der Waals surface area contributed by atoms with Crippen LogP contribution in [0, 0.1) is 0 Å². The van der Waals surface area contributed by atoms with Crippen molar-refractivity contribution in [1.29, 1.82) is 0 Å². The van der Waals surface area contributed by atoms with Crippen molar-refractivity contribution >= 4 is 35.5 Å². The van der Waals surface area contributed by atoms with Crippen LogP contribution >= 0.6 is 11.6 Å². The summed E-state index contributed by atoms with van der Waals surface area (Å²) in [5.74, 6) is -3.83. The maximum absolute atomic E-state index is 11.9. The van der Waals surface area contributed by atoms with E-state index in [-0.39, 0.29) is 12.8 Å². The van der Waals surface area contributed by atoms with Crippen LogP contribution < -0.4 is 16.0 Å². The molecule has 0 heterocycles. The van der Waals surface area contributed by atoms with Crippen molar-refractivity contribution in [3.8, 4) is 0 Å². The molecule has 10 nitrogen and oxygen atoms in total. The molecule has 6 N–H and O–H groups in total. The Labute approximate surface area is 178 Å². The predicted molar refractivity (Wildman–Crippen MR) is 108 cm³/mol. The second-order valence-electron chi connectivity index (χ2n) is 6.63. The number of hydrogen-bond acceptors (Lipinski definition) is 5. The van der Waals surface area contributed by atoms with Crippen molar-refractivity contribution in [3.63, 3.8) is 0 Å². The Kier molecular flexibility index (Phi) is 11.2. The van der Waals surface area contributed by atoms with E-state index >= 15 is 0 Å². The Bertz CT molecular complexity index is 727. The summed E-state index contributed by atoms with van der Waals surface area (Å²) in [6.07, 6.45) is 0.610. The van der Waals surface area contributed by atoms with Gasteiger partial charge in [0.05, 0.1) is 0 Å².